The molecule has 0 aliphatic rings. The zero-order chi connectivity index (χ0) is 16.4. The molecule has 1 atom stereocenters. The smallest absolute Gasteiger partial charge is 0.275 e. The van der Waals surface area contributed by atoms with E-state index in [1.165, 1.54) is 15.9 Å². The van der Waals surface area contributed by atoms with Gasteiger partial charge in [0.2, 0.25) is 4.96 Å². The highest BCUT2D eigenvalue weighted by atomic mass is 32.1. The van der Waals surface area contributed by atoms with E-state index in [0.717, 1.165) is 29.2 Å². The topological polar surface area (TPSA) is 77.1 Å². The summed E-state index contributed by atoms with van der Waals surface area (Å²) in [7, 11) is 0. The first kappa shape index (κ1) is 15.8. The Labute approximate surface area is 138 Å². The fraction of sp³-hybridized carbons (Fsp3) is 0.467. The number of aryl methyl sites for hydroxylation is 2. The molecule has 1 N–H and O–H groups in total. The van der Waals surface area contributed by atoms with Gasteiger partial charge in [0.25, 0.3) is 5.56 Å². The van der Waals surface area contributed by atoms with Gasteiger partial charge in [-0.3, -0.25) is 9.48 Å². The maximum Gasteiger partial charge on any atom is 0.275 e. The summed E-state index contributed by atoms with van der Waals surface area (Å²) < 4.78 is 3.29. The summed E-state index contributed by atoms with van der Waals surface area (Å²) in [6, 6.07) is 1.77. The number of hydrogen-bond donors (Lipinski definition) is 1. The van der Waals surface area contributed by atoms with E-state index >= 15 is 0 Å². The first-order valence-electron chi connectivity index (χ1n) is 7.66. The summed E-state index contributed by atoms with van der Waals surface area (Å²) >= 11 is 1.46. The second kappa shape index (κ2) is 6.59. The van der Waals surface area contributed by atoms with Crippen LogP contribution in [0.25, 0.3) is 4.96 Å². The largest absolute Gasteiger partial charge is 0.307 e. The molecule has 0 unspecified atom stereocenters. The lowest BCUT2D eigenvalue weighted by atomic mass is 10.3. The average molecular weight is 332 g/mol. The molecule has 0 bridgehead atoms. The molecule has 0 amide bonds. The molecule has 122 valence electrons. The summed E-state index contributed by atoms with van der Waals surface area (Å²) in [4.78, 5) is 17.3. The highest BCUT2D eigenvalue weighted by Gasteiger charge is 2.09. The van der Waals surface area contributed by atoms with Gasteiger partial charge in [0, 0.05) is 24.8 Å². The molecule has 8 heteroatoms. The SMILES string of the molecule is CCc1nn2c(=O)cc(CN[C@@H](C)Cn3cc(C)cn3)nc2s1. The number of aromatic nitrogens is 5. The molecular weight excluding hydrogens is 312 g/mol. The number of nitrogens with one attached hydrogen (secondary N) is 1. The van der Waals surface area contributed by atoms with Crippen LogP contribution < -0.4 is 10.9 Å². The van der Waals surface area contributed by atoms with E-state index < -0.39 is 0 Å². The van der Waals surface area contributed by atoms with Crippen LogP contribution in [0.4, 0.5) is 0 Å². The van der Waals surface area contributed by atoms with Gasteiger partial charge < -0.3 is 5.32 Å². The van der Waals surface area contributed by atoms with Crippen LogP contribution in [0.2, 0.25) is 0 Å². The van der Waals surface area contributed by atoms with Crippen LogP contribution in [0, 0.1) is 6.92 Å². The van der Waals surface area contributed by atoms with Crippen LogP contribution in [0.15, 0.2) is 23.3 Å². The number of fused-ring (bicyclic) bond motifs is 1. The van der Waals surface area contributed by atoms with Crippen molar-refractivity contribution in [3.05, 3.63) is 45.1 Å². The van der Waals surface area contributed by atoms with Crippen LogP contribution in [0.1, 0.15) is 30.1 Å². The standard InChI is InChI=1S/C15H20N6OS/c1-4-13-19-21-14(22)5-12(18-15(21)23-13)7-16-11(3)9-20-8-10(2)6-17-20/h5-6,8,11,16H,4,7,9H2,1-3H3/t11-/m0/s1. The minimum atomic E-state index is -0.127. The third-order valence-electron chi connectivity index (χ3n) is 3.50. The first-order chi connectivity index (χ1) is 11.0. The fourth-order valence-corrected chi connectivity index (χ4v) is 3.18. The Kier molecular flexibility index (Phi) is 4.53. The third-order valence-corrected chi connectivity index (χ3v) is 4.55. The molecule has 3 rings (SSSR count). The van der Waals surface area contributed by atoms with E-state index in [1.54, 1.807) is 6.07 Å². The third kappa shape index (κ3) is 3.65. The van der Waals surface area contributed by atoms with Crippen molar-refractivity contribution in [3.8, 4) is 0 Å². The van der Waals surface area contributed by atoms with Gasteiger partial charge in [-0.05, 0) is 25.8 Å². The Morgan fingerprint density at radius 2 is 2.26 bits per heavy atom. The molecule has 3 aromatic heterocycles. The summed E-state index contributed by atoms with van der Waals surface area (Å²) in [6.07, 6.45) is 4.66. The van der Waals surface area contributed by atoms with Gasteiger partial charge in [0.15, 0.2) is 0 Å². The van der Waals surface area contributed by atoms with Gasteiger partial charge in [-0.2, -0.15) is 14.7 Å². The van der Waals surface area contributed by atoms with E-state index in [-0.39, 0.29) is 11.6 Å². The van der Waals surface area contributed by atoms with Crippen molar-refractivity contribution >= 4 is 16.3 Å². The normalized spacial score (nSPS) is 12.8. The Morgan fingerprint density at radius 3 is 2.96 bits per heavy atom. The van der Waals surface area contributed by atoms with E-state index in [9.17, 15) is 4.79 Å². The second-order valence-corrected chi connectivity index (χ2v) is 6.69. The maximum atomic E-state index is 12.1. The Balaban J connectivity index is 1.67. The Hall–Kier alpha value is -2.06. The Morgan fingerprint density at radius 1 is 1.43 bits per heavy atom. The molecule has 0 radical (unpaired) electrons. The van der Waals surface area contributed by atoms with Crippen LogP contribution in [0.5, 0.6) is 0 Å². The second-order valence-electron chi connectivity index (χ2n) is 5.65. The summed E-state index contributed by atoms with van der Waals surface area (Å²) in [5.74, 6) is 0. The lowest BCUT2D eigenvalue weighted by Gasteiger charge is -2.13. The molecule has 23 heavy (non-hydrogen) atoms. The van der Waals surface area contributed by atoms with Gasteiger partial charge in [-0.15, -0.1) is 0 Å². The van der Waals surface area contributed by atoms with E-state index in [2.05, 4.69) is 27.4 Å². The predicted molar refractivity (Wildman–Crippen MR) is 89.8 cm³/mol. The first-order valence-corrected chi connectivity index (χ1v) is 8.48. The molecule has 3 aromatic rings. The van der Waals surface area contributed by atoms with Crippen molar-refractivity contribution in [3.63, 3.8) is 0 Å². The minimum Gasteiger partial charge on any atom is -0.307 e. The Bertz CT molecular complexity index is 864. The quantitative estimate of drug-likeness (QED) is 0.738. The highest BCUT2D eigenvalue weighted by Crippen LogP contribution is 2.11. The van der Waals surface area contributed by atoms with Gasteiger partial charge in [-0.25, -0.2) is 4.98 Å². The molecule has 0 saturated heterocycles. The average Bonchev–Trinajstić information content (AvgIpc) is 3.11. The summed E-state index contributed by atoms with van der Waals surface area (Å²) in [5, 5.41) is 12.8. The molecule has 0 saturated carbocycles. The van der Waals surface area contributed by atoms with Gasteiger partial charge >= 0.3 is 0 Å². The molecule has 3 heterocycles. The summed E-state index contributed by atoms with van der Waals surface area (Å²) in [6.45, 7) is 7.45. The molecular formula is C15H20N6OS. The minimum absolute atomic E-state index is 0.127. The van der Waals surface area contributed by atoms with Crippen LogP contribution in [0.3, 0.4) is 0 Å². The van der Waals surface area contributed by atoms with E-state index in [0.29, 0.717) is 11.5 Å². The lowest BCUT2D eigenvalue weighted by molar-refractivity contribution is 0.448. The van der Waals surface area contributed by atoms with Crippen LogP contribution in [-0.4, -0.2) is 30.4 Å². The fourth-order valence-electron chi connectivity index (χ4n) is 2.32. The molecule has 0 aliphatic carbocycles. The van der Waals surface area contributed by atoms with Gasteiger partial charge in [-0.1, -0.05) is 18.3 Å². The molecule has 7 nitrogen and oxygen atoms in total. The van der Waals surface area contributed by atoms with Crippen molar-refractivity contribution in [2.45, 2.75) is 46.3 Å². The van der Waals surface area contributed by atoms with Crippen LogP contribution >= 0.6 is 11.3 Å². The van der Waals surface area contributed by atoms with Crippen molar-refractivity contribution < 1.29 is 0 Å². The highest BCUT2D eigenvalue weighted by molar-refractivity contribution is 7.16. The molecule has 0 spiro atoms. The van der Waals surface area contributed by atoms with Crippen molar-refractivity contribution in [1.29, 1.82) is 0 Å². The zero-order valence-corrected chi connectivity index (χ0v) is 14.3. The van der Waals surface area contributed by atoms with E-state index in [4.69, 9.17) is 0 Å². The van der Waals surface area contributed by atoms with E-state index in [1.807, 2.05) is 30.9 Å². The number of nitrogens with zero attached hydrogens (tertiary/aromatic N) is 5. The number of hydrogen-bond acceptors (Lipinski definition) is 6. The zero-order valence-electron chi connectivity index (χ0n) is 13.5. The van der Waals surface area contributed by atoms with Crippen LogP contribution in [-0.2, 0) is 19.5 Å². The maximum absolute atomic E-state index is 12.1. The van der Waals surface area contributed by atoms with Gasteiger partial charge in [0.05, 0.1) is 18.4 Å². The molecule has 0 aromatic carbocycles. The lowest BCUT2D eigenvalue weighted by Crippen LogP contribution is -2.31. The number of rotatable bonds is 6. The van der Waals surface area contributed by atoms with Crippen molar-refractivity contribution in [1.82, 2.24) is 29.7 Å². The van der Waals surface area contributed by atoms with Crippen molar-refractivity contribution in [2.75, 3.05) is 0 Å². The molecule has 0 fully saturated rings. The predicted octanol–water partition coefficient (Wildman–Crippen LogP) is 1.40. The van der Waals surface area contributed by atoms with Crippen molar-refractivity contribution in [2.24, 2.45) is 0 Å². The monoisotopic (exact) mass is 332 g/mol. The van der Waals surface area contributed by atoms with Gasteiger partial charge in [0.1, 0.15) is 5.01 Å². The summed E-state index contributed by atoms with van der Waals surface area (Å²) in [5.41, 5.74) is 1.76. The molecule has 0 aliphatic heterocycles.